The Kier molecular flexibility index (Phi) is 5.76. The van der Waals surface area contributed by atoms with Crippen molar-refractivity contribution in [2.75, 3.05) is 11.9 Å². The fourth-order valence-corrected chi connectivity index (χ4v) is 3.79. The molecule has 2 aromatic carbocycles. The maximum absolute atomic E-state index is 13.1. The number of nitro benzene ring substituents is 1. The maximum Gasteiger partial charge on any atom is 0.296 e. The van der Waals surface area contributed by atoms with Crippen LogP contribution in [0, 0.1) is 10.1 Å². The Morgan fingerprint density at radius 2 is 2.00 bits per heavy atom. The SMILES string of the molecule is CCOc1ccc(NC(=O)c2cn(-c3ccccc3)nc2-c2cccs2)c([N+](=O)[O-])c1. The van der Waals surface area contributed by atoms with Crippen LogP contribution < -0.4 is 10.1 Å². The van der Waals surface area contributed by atoms with Crippen molar-refractivity contribution < 1.29 is 14.5 Å². The highest BCUT2D eigenvalue weighted by atomic mass is 32.1. The van der Waals surface area contributed by atoms with Crippen LogP contribution in [0.1, 0.15) is 17.3 Å². The molecule has 2 heterocycles. The lowest BCUT2D eigenvalue weighted by Gasteiger charge is -2.08. The Morgan fingerprint density at radius 3 is 2.68 bits per heavy atom. The number of carbonyl (C=O) groups is 1. The summed E-state index contributed by atoms with van der Waals surface area (Å²) in [5, 5.41) is 20.7. The van der Waals surface area contributed by atoms with E-state index in [1.807, 2.05) is 47.8 Å². The number of nitrogens with zero attached hydrogens (tertiary/aromatic N) is 3. The molecule has 0 aliphatic carbocycles. The number of rotatable bonds is 7. The normalized spacial score (nSPS) is 10.6. The maximum atomic E-state index is 13.1. The molecule has 0 saturated heterocycles. The predicted octanol–water partition coefficient (Wildman–Crippen LogP) is 5.16. The number of benzene rings is 2. The quantitative estimate of drug-likeness (QED) is 0.320. The highest BCUT2D eigenvalue weighted by Crippen LogP contribution is 2.32. The van der Waals surface area contributed by atoms with E-state index >= 15 is 0 Å². The molecule has 0 spiro atoms. The van der Waals surface area contributed by atoms with Gasteiger partial charge in [0.2, 0.25) is 0 Å². The van der Waals surface area contributed by atoms with Crippen molar-refractivity contribution in [2.24, 2.45) is 0 Å². The molecule has 1 amide bonds. The molecule has 0 unspecified atom stereocenters. The molecule has 0 atom stereocenters. The van der Waals surface area contributed by atoms with Gasteiger partial charge in [0.1, 0.15) is 17.1 Å². The fourth-order valence-electron chi connectivity index (χ4n) is 3.06. The second kappa shape index (κ2) is 8.80. The number of nitro groups is 1. The largest absolute Gasteiger partial charge is 0.494 e. The van der Waals surface area contributed by atoms with Crippen LogP contribution in [0.5, 0.6) is 5.75 Å². The lowest BCUT2D eigenvalue weighted by Crippen LogP contribution is -2.13. The Labute approximate surface area is 181 Å². The molecule has 0 aliphatic rings. The molecule has 4 aromatic rings. The molecule has 9 heteroatoms. The molecule has 2 aromatic heterocycles. The third-order valence-electron chi connectivity index (χ3n) is 4.46. The molecule has 31 heavy (non-hydrogen) atoms. The predicted molar refractivity (Wildman–Crippen MR) is 119 cm³/mol. The molecule has 8 nitrogen and oxygen atoms in total. The topological polar surface area (TPSA) is 99.3 Å². The Hall–Kier alpha value is -3.98. The Bertz CT molecular complexity index is 1220. The highest BCUT2D eigenvalue weighted by molar-refractivity contribution is 7.13. The van der Waals surface area contributed by atoms with Gasteiger partial charge in [0.05, 0.1) is 33.7 Å². The molecule has 0 saturated carbocycles. The Balaban J connectivity index is 1.72. The smallest absolute Gasteiger partial charge is 0.296 e. The highest BCUT2D eigenvalue weighted by Gasteiger charge is 2.23. The van der Waals surface area contributed by atoms with Gasteiger partial charge in [-0.25, -0.2) is 4.68 Å². The van der Waals surface area contributed by atoms with Gasteiger partial charge >= 0.3 is 0 Å². The van der Waals surface area contributed by atoms with E-state index < -0.39 is 10.8 Å². The lowest BCUT2D eigenvalue weighted by molar-refractivity contribution is -0.384. The molecular formula is C22H18N4O4S. The van der Waals surface area contributed by atoms with Crippen LogP contribution >= 0.6 is 11.3 Å². The van der Waals surface area contributed by atoms with Crippen molar-refractivity contribution in [3.8, 4) is 22.0 Å². The Morgan fingerprint density at radius 1 is 1.19 bits per heavy atom. The van der Waals surface area contributed by atoms with Crippen LogP contribution in [-0.4, -0.2) is 27.2 Å². The summed E-state index contributed by atoms with van der Waals surface area (Å²) in [7, 11) is 0. The van der Waals surface area contributed by atoms with Crippen molar-refractivity contribution in [1.82, 2.24) is 9.78 Å². The van der Waals surface area contributed by atoms with E-state index in [0.717, 1.165) is 10.6 Å². The van der Waals surface area contributed by atoms with Gasteiger partial charge in [-0.1, -0.05) is 24.3 Å². The van der Waals surface area contributed by atoms with Gasteiger partial charge < -0.3 is 10.1 Å². The number of hydrogen-bond donors (Lipinski definition) is 1. The number of hydrogen-bond acceptors (Lipinski definition) is 6. The van der Waals surface area contributed by atoms with Crippen LogP contribution in [0.25, 0.3) is 16.3 Å². The molecular weight excluding hydrogens is 416 g/mol. The molecule has 156 valence electrons. The van der Waals surface area contributed by atoms with Crippen molar-refractivity contribution in [3.63, 3.8) is 0 Å². The monoisotopic (exact) mass is 434 g/mol. The summed E-state index contributed by atoms with van der Waals surface area (Å²) in [6, 6.07) is 17.5. The summed E-state index contributed by atoms with van der Waals surface area (Å²) in [5.74, 6) is -0.124. The minimum absolute atomic E-state index is 0.0862. The minimum Gasteiger partial charge on any atom is -0.494 e. The van der Waals surface area contributed by atoms with E-state index in [0.29, 0.717) is 23.6 Å². The summed E-state index contributed by atoms with van der Waals surface area (Å²) in [5.41, 5.74) is 1.46. The van der Waals surface area contributed by atoms with Gasteiger partial charge in [-0.15, -0.1) is 11.3 Å². The second-order valence-electron chi connectivity index (χ2n) is 6.47. The number of para-hydroxylation sites is 1. The number of amides is 1. The first kappa shape index (κ1) is 20.3. The third kappa shape index (κ3) is 4.31. The summed E-state index contributed by atoms with van der Waals surface area (Å²) < 4.78 is 6.95. The van der Waals surface area contributed by atoms with Crippen LogP contribution in [0.4, 0.5) is 11.4 Å². The van der Waals surface area contributed by atoms with Gasteiger partial charge in [0.25, 0.3) is 11.6 Å². The van der Waals surface area contributed by atoms with Crippen molar-refractivity contribution >= 4 is 28.6 Å². The minimum atomic E-state index is -0.550. The van der Waals surface area contributed by atoms with E-state index in [1.54, 1.807) is 23.9 Å². The van der Waals surface area contributed by atoms with Crippen LogP contribution in [0.2, 0.25) is 0 Å². The first-order valence-corrected chi connectivity index (χ1v) is 10.4. The zero-order valence-electron chi connectivity index (χ0n) is 16.5. The van der Waals surface area contributed by atoms with Crippen LogP contribution in [0.15, 0.2) is 72.2 Å². The molecule has 0 fully saturated rings. The first-order chi connectivity index (χ1) is 15.1. The average Bonchev–Trinajstić information content (AvgIpc) is 3.45. The summed E-state index contributed by atoms with van der Waals surface area (Å²) >= 11 is 1.46. The lowest BCUT2D eigenvalue weighted by atomic mass is 10.2. The van der Waals surface area contributed by atoms with Crippen molar-refractivity contribution in [3.05, 3.63) is 87.9 Å². The van der Waals surface area contributed by atoms with E-state index in [4.69, 9.17) is 4.74 Å². The molecule has 0 aliphatic heterocycles. The van der Waals surface area contributed by atoms with Crippen molar-refractivity contribution in [2.45, 2.75) is 6.92 Å². The van der Waals surface area contributed by atoms with E-state index in [1.165, 1.54) is 23.5 Å². The van der Waals surface area contributed by atoms with Crippen molar-refractivity contribution in [1.29, 1.82) is 0 Å². The van der Waals surface area contributed by atoms with E-state index in [-0.39, 0.29) is 11.4 Å². The van der Waals surface area contributed by atoms with E-state index in [9.17, 15) is 14.9 Å². The van der Waals surface area contributed by atoms with Gasteiger partial charge in [-0.05, 0) is 42.6 Å². The molecule has 1 N–H and O–H groups in total. The number of thiophene rings is 1. The van der Waals surface area contributed by atoms with Gasteiger partial charge in [-0.3, -0.25) is 14.9 Å². The number of ether oxygens (including phenoxy) is 1. The summed E-state index contributed by atoms with van der Waals surface area (Å²) in [6.07, 6.45) is 1.63. The van der Waals surface area contributed by atoms with Gasteiger partial charge in [-0.2, -0.15) is 5.10 Å². The van der Waals surface area contributed by atoms with Gasteiger partial charge in [0, 0.05) is 6.20 Å². The van der Waals surface area contributed by atoms with Crippen LogP contribution in [0.3, 0.4) is 0 Å². The fraction of sp³-hybridized carbons (Fsp3) is 0.0909. The summed E-state index contributed by atoms with van der Waals surface area (Å²) in [4.78, 5) is 24.9. The third-order valence-corrected chi connectivity index (χ3v) is 5.34. The van der Waals surface area contributed by atoms with E-state index in [2.05, 4.69) is 10.4 Å². The molecule has 0 bridgehead atoms. The molecule has 4 rings (SSSR count). The summed E-state index contributed by atoms with van der Waals surface area (Å²) in [6.45, 7) is 2.17. The zero-order chi connectivity index (χ0) is 21.8. The van der Waals surface area contributed by atoms with Gasteiger partial charge in [0.15, 0.2) is 0 Å². The number of nitrogens with one attached hydrogen (secondary N) is 1. The number of carbonyl (C=O) groups excluding carboxylic acids is 1. The average molecular weight is 434 g/mol. The number of aromatic nitrogens is 2. The standard InChI is InChI=1S/C22H18N4O4S/c1-2-30-16-10-11-18(19(13-16)26(28)29)23-22(27)17-14-25(15-7-4-3-5-8-15)24-21(17)20-9-6-12-31-20/h3-14H,2H2,1H3,(H,23,27). The number of anilines is 1. The van der Waals surface area contributed by atoms with Crippen LogP contribution in [-0.2, 0) is 0 Å². The first-order valence-electron chi connectivity index (χ1n) is 9.48. The second-order valence-corrected chi connectivity index (χ2v) is 7.42. The molecule has 0 radical (unpaired) electrons. The zero-order valence-corrected chi connectivity index (χ0v) is 17.3.